The van der Waals surface area contributed by atoms with Crippen LogP contribution in [0.2, 0.25) is 0 Å². The van der Waals surface area contributed by atoms with Crippen molar-refractivity contribution in [1.82, 2.24) is 90.0 Å². The molecule has 15 atom stereocenters. The number of amides is 18. The molecule has 1 aliphatic rings. The summed E-state index contributed by atoms with van der Waals surface area (Å²) in [6, 6.07) is 1.91. The molecular formula is C89H125N21O28S3. The second-order valence-corrected chi connectivity index (χ2v) is 37.2. The van der Waals surface area contributed by atoms with Gasteiger partial charge in [-0.15, -0.1) is 23.5 Å². The maximum absolute atomic E-state index is 14.8. The van der Waals surface area contributed by atoms with E-state index in [0.717, 1.165) is 47.6 Å². The van der Waals surface area contributed by atoms with Crippen molar-refractivity contribution >= 4 is 176 Å². The van der Waals surface area contributed by atoms with Crippen molar-refractivity contribution in [3.63, 3.8) is 0 Å². The fraction of sp³-hybridized carbons (Fsp3) is 0.506. The summed E-state index contributed by atoms with van der Waals surface area (Å²) in [4.78, 5) is 298. The summed E-state index contributed by atoms with van der Waals surface area (Å²) in [5.74, 6) is -26.7. The fourth-order valence-electron chi connectivity index (χ4n) is 13.6. The van der Waals surface area contributed by atoms with Crippen LogP contribution in [0.1, 0.15) is 110 Å². The van der Waals surface area contributed by atoms with Gasteiger partial charge in [0.2, 0.25) is 106 Å². The Balaban J connectivity index is 1.34. The number of aliphatic hydroxyl groups is 1. The summed E-state index contributed by atoms with van der Waals surface area (Å²) in [6.45, 7) is 8.26. The van der Waals surface area contributed by atoms with Crippen LogP contribution in [-0.4, -0.2) is 330 Å². The zero-order chi connectivity index (χ0) is 105. The lowest BCUT2D eigenvalue weighted by atomic mass is 9.85. The van der Waals surface area contributed by atoms with Gasteiger partial charge in [0.05, 0.1) is 36.8 Å². The molecule has 18 amide bonds. The van der Waals surface area contributed by atoms with Crippen LogP contribution in [0.3, 0.4) is 0 Å². The Kier molecular flexibility index (Phi) is 49.7. The van der Waals surface area contributed by atoms with E-state index in [2.05, 4.69) is 85.1 Å². The molecule has 30 N–H and O–H groups in total. The summed E-state index contributed by atoms with van der Waals surface area (Å²) >= 11 is 2.73. The van der Waals surface area contributed by atoms with Crippen molar-refractivity contribution in [3.8, 4) is 5.75 Å². The van der Waals surface area contributed by atoms with Crippen LogP contribution in [0.15, 0.2) is 97.1 Å². The smallest absolute Gasteiger partial charge is 0.305 e. The number of carbonyl (C=O) groups is 22. The molecule has 0 aromatic heterocycles. The molecule has 4 aromatic carbocycles. The van der Waals surface area contributed by atoms with Gasteiger partial charge >= 0.3 is 23.9 Å². The SMILES string of the molecule is C[C@H](N)C(=O)N[C@@H](CSCC(=O)NCCN1CCNC(=O)CSC[C@@H](C(N)=O)NC(=O)[C@H](C(C)(C)C)NC(=O)C(CC(=O)O)NC(=O)[C@H](Cc2ccc(O)cc2)NC(=O)[C@H](Cc2ccccc2)NC(=O)[C@H](CC(=O)O)NC(=O)[C@H](CCC(=O)O)NC(=O)CCSCC(O)NCC1)C(=O)N[C@H](C)C(=O)N[C@@H](CC(N)=O)C(=O)N[C@@H](CCC(=O)O)C(=O)N[C@@H](Cc1cccc2ccccc12)C(=O)N[C@H](C)C(N)=O. The number of thioether (sulfide) groups is 3. The Labute approximate surface area is 822 Å². The number of phenols is 1. The summed E-state index contributed by atoms with van der Waals surface area (Å²) in [6.07, 6.45) is -8.64. The largest absolute Gasteiger partial charge is 0.508 e. The lowest BCUT2D eigenvalue weighted by Crippen LogP contribution is -2.62. The van der Waals surface area contributed by atoms with E-state index in [9.17, 15) is 136 Å². The number of hydrogen-bond donors (Lipinski definition) is 26. The van der Waals surface area contributed by atoms with Crippen molar-refractivity contribution in [2.45, 2.75) is 203 Å². The number of aromatic hydroxyl groups is 1. The van der Waals surface area contributed by atoms with E-state index in [1.165, 1.54) is 71.0 Å². The number of hydrogen-bond acceptors (Lipinski definition) is 30. The van der Waals surface area contributed by atoms with Crippen molar-refractivity contribution in [2.75, 3.05) is 73.8 Å². The molecule has 4 aromatic rings. The van der Waals surface area contributed by atoms with Gasteiger partial charge in [0.1, 0.15) is 90.5 Å². The van der Waals surface area contributed by atoms with Gasteiger partial charge in [-0.3, -0.25) is 116 Å². The van der Waals surface area contributed by atoms with E-state index < -0.39 is 284 Å². The summed E-state index contributed by atoms with van der Waals surface area (Å²) in [7, 11) is 0. The molecule has 1 aliphatic heterocycles. The highest BCUT2D eigenvalue weighted by Gasteiger charge is 2.41. The second kappa shape index (κ2) is 59.6. The number of nitrogens with zero attached hydrogens (tertiary/aromatic N) is 1. The lowest BCUT2D eigenvalue weighted by molar-refractivity contribution is -0.142. The topological polar surface area (TPSA) is 797 Å². The highest BCUT2D eigenvalue weighted by molar-refractivity contribution is 8.00. The molecule has 0 spiro atoms. The van der Waals surface area contributed by atoms with E-state index in [1.54, 1.807) is 65.6 Å². The predicted octanol–water partition coefficient (Wildman–Crippen LogP) is -7.12. The van der Waals surface area contributed by atoms with Crippen molar-refractivity contribution in [3.05, 3.63) is 114 Å². The Morgan fingerprint density at radius 3 is 1.64 bits per heavy atom. The maximum Gasteiger partial charge on any atom is 0.305 e. The van der Waals surface area contributed by atoms with Crippen molar-refractivity contribution < 1.29 is 136 Å². The summed E-state index contributed by atoms with van der Waals surface area (Å²) in [5, 5.41) is 102. The zero-order valence-electron chi connectivity index (χ0n) is 78.3. The number of phenolic OH excluding ortho intramolecular Hbond substituents is 1. The van der Waals surface area contributed by atoms with Gasteiger partial charge in [0, 0.05) is 101 Å². The number of nitrogens with two attached hydrogens (primary N) is 4. The molecule has 1 fully saturated rings. The minimum atomic E-state index is -2.06. The van der Waals surface area contributed by atoms with Gasteiger partial charge in [-0.2, -0.15) is 11.8 Å². The van der Waals surface area contributed by atoms with Crippen molar-refractivity contribution in [2.24, 2.45) is 28.3 Å². The number of primary amides is 3. The first-order valence-corrected chi connectivity index (χ1v) is 48.1. The van der Waals surface area contributed by atoms with Crippen LogP contribution in [-0.2, 0) is 125 Å². The quantitative estimate of drug-likeness (QED) is 0.0197. The monoisotopic (exact) mass is 2030 g/mol. The van der Waals surface area contributed by atoms with E-state index >= 15 is 0 Å². The average Bonchev–Trinajstić information content (AvgIpc) is 0.832. The van der Waals surface area contributed by atoms with Gasteiger partial charge in [-0.25, -0.2) is 0 Å². The third kappa shape index (κ3) is 44.0. The minimum absolute atomic E-state index is 0.0258. The molecule has 1 saturated heterocycles. The first kappa shape index (κ1) is 118. The molecule has 0 saturated carbocycles. The number of benzene rings is 4. The molecule has 0 bridgehead atoms. The van der Waals surface area contributed by atoms with Gasteiger partial charge in [0.15, 0.2) is 0 Å². The Bertz CT molecular complexity index is 5070. The van der Waals surface area contributed by atoms with E-state index in [1.807, 2.05) is 0 Å². The third-order valence-corrected chi connectivity index (χ3v) is 24.4. The molecule has 49 nitrogen and oxygen atoms in total. The average molecular weight is 2030 g/mol. The normalized spacial score (nSPS) is 20.3. The zero-order valence-corrected chi connectivity index (χ0v) is 80.8. The number of carboxylic acid groups (broad SMARTS) is 4. The maximum atomic E-state index is 14.8. The van der Waals surface area contributed by atoms with E-state index in [-0.39, 0.29) is 97.9 Å². The third-order valence-electron chi connectivity index (χ3n) is 21.3. The first-order valence-electron chi connectivity index (χ1n) is 44.6. The van der Waals surface area contributed by atoms with Crippen LogP contribution in [0.5, 0.6) is 5.75 Å². The molecule has 5 rings (SSSR count). The molecular weight excluding hydrogens is 1910 g/mol. The van der Waals surface area contributed by atoms with Crippen LogP contribution >= 0.6 is 35.3 Å². The van der Waals surface area contributed by atoms with Gasteiger partial charge in [0.25, 0.3) is 0 Å². The van der Waals surface area contributed by atoms with Crippen LogP contribution < -0.4 is 108 Å². The van der Waals surface area contributed by atoms with Gasteiger partial charge in [-0.05, 0) is 78.6 Å². The Morgan fingerprint density at radius 1 is 0.525 bits per heavy atom. The predicted molar refractivity (Wildman–Crippen MR) is 513 cm³/mol. The lowest BCUT2D eigenvalue weighted by Gasteiger charge is -2.33. The number of aliphatic hydroxyl groups excluding tert-OH is 1. The number of carbonyl (C=O) groups excluding carboxylic acids is 18. The number of aliphatic carboxylic acids is 4. The molecule has 0 radical (unpaired) electrons. The van der Waals surface area contributed by atoms with E-state index in [0.29, 0.717) is 16.5 Å². The number of rotatable bonds is 39. The summed E-state index contributed by atoms with van der Waals surface area (Å²) < 4.78 is 0. The highest BCUT2D eigenvalue weighted by atomic mass is 32.2. The fourth-order valence-corrected chi connectivity index (χ4v) is 16.2. The molecule has 1 heterocycles. The highest BCUT2D eigenvalue weighted by Crippen LogP contribution is 2.24. The molecule has 772 valence electrons. The van der Waals surface area contributed by atoms with E-state index in [4.69, 9.17) is 22.9 Å². The molecule has 2 unspecified atom stereocenters. The number of nitrogens with one attached hydrogen (secondary N) is 16. The van der Waals surface area contributed by atoms with Crippen LogP contribution in [0, 0.1) is 5.41 Å². The Morgan fingerprint density at radius 2 is 1.05 bits per heavy atom. The molecule has 52 heteroatoms. The standard InChI is InChI=1S/C89H125N21O28S3/c1-46(90)77(127)108-64(87(137)98-48(3)78(128)101-60(38-65(91)112)84(134)100-56(24-26-71(119)120)80(130)104-59(81(131)97-47(2)75(92)125)37-52-17-12-16-51-15-10-11-18-54(51)52)42-141-45-69(116)96-30-33-110-31-28-94-67(114)43-139-34-27-66(113)99-55(23-25-70(117)118)79(129)105-61(39-72(121)122)85(135)103-57(35-49-13-8-7-9-14-49)82(132)102-58(36-50-19-21-53(111)22-20-50)83(133)106-62(40-73(123)124)86(136)109-74(89(4,5)6)88(138)107-63(76(93)126)41-140-44-68(115)95-29-32-110/h7-22,46-48,55-64,67,74,94,111,114H,23-45,90H2,1-6H3,(H2,91,112)(H2,92,125)(H2,93,126)(H,95,115)(H,96,116)(H,97,131)(H,98,137)(H,99,113)(H,100,134)(H,101,128)(H,102,132)(H,103,135)(H,104,130)(H,105,129)(H,106,133)(H,107,138)(H,108,127)(H,109,136)(H,117,118)(H,119,120)(H,121,122)(H,123,124)/t46-,47+,48+,55-,56-,57-,58-,59-,60-,61-,62?,63-,64-,67?,74+/m0/s1. The number of fused-ring (bicyclic) bond motifs is 1. The minimum Gasteiger partial charge on any atom is -0.508 e. The first-order chi connectivity index (χ1) is 66.5. The van der Waals surface area contributed by atoms with Crippen LogP contribution in [0.25, 0.3) is 10.8 Å². The summed E-state index contributed by atoms with van der Waals surface area (Å²) in [5.41, 5.74) is 22.4. The Hall–Kier alpha value is -13.8. The molecule has 0 aliphatic carbocycles. The van der Waals surface area contributed by atoms with Crippen molar-refractivity contribution in [1.29, 1.82) is 0 Å². The molecule has 141 heavy (non-hydrogen) atoms. The van der Waals surface area contributed by atoms with Gasteiger partial charge in [-0.1, -0.05) is 106 Å². The number of carboxylic acids is 4. The van der Waals surface area contributed by atoms with Gasteiger partial charge < -0.3 is 133 Å². The second-order valence-electron chi connectivity index (χ2n) is 34.0. The van der Waals surface area contributed by atoms with Crippen LogP contribution in [0.4, 0.5) is 0 Å².